The van der Waals surface area contributed by atoms with Crippen LogP contribution in [0, 0.1) is 6.92 Å². The molecule has 0 aliphatic heterocycles. The Bertz CT molecular complexity index is 875. The van der Waals surface area contributed by atoms with Crippen molar-refractivity contribution in [2.24, 2.45) is 0 Å². The fraction of sp³-hybridized carbons (Fsp3) is 0.286. The fourth-order valence-electron chi connectivity index (χ4n) is 2.40. The minimum absolute atomic E-state index is 0.394. The summed E-state index contributed by atoms with van der Waals surface area (Å²) in [5, 5.41) is 4.44. The fourth-order valence-corrected chi connectivity index (χ4v) is 2.81. The zero-order valence-corrected chi connectivity index (χ0v) is 13.3. The second-order valence-corrected chi connectivity index (χ2v) is 5.64. The number of fused-ring (bicyclic) bond motifs is 1. The quantitative estimate of drug-likeness (QED) is 0.736. The second-order valence-electron chi connectivity index (χ2n) is 4.84. The third-order valence-electron chi connectivity index (χ3n) is 3.45. The first-order chi connectivity index (χ1) is 10.0. The first-order valence-electron chi connectivity index (χ1n) is 6.62. The predicted octanol–water partition coefficient (Wildman–Crippen LogP) is 2.51. The van der Waals surface area contributed by atoms with E-state index in [4.69, 9.17) is 10.2 Å². The van der Waals surface area contributed by atoms with Crippen LogP contribution in [0.2, 0.25) is 0 Å². The summed E-state index contributed by atoms with van der Waals surface area (Å²) in [6.07, 6.45) is 0. The molecule has 110 valence electrons. The lowest BCUT2D eigenvalue weighted by Gasteiger charge is -2.06. The van der Waals surface area contributed by atoms with Gasteiger partial charge < -0.3 is 10.2 Å². The molecule has 3 rings (SSSR count). The van der Waals surface area contributed by atoms with Crippen LogP contribution in [-0.2, 0) is 13.1 Å². The lowest BCUT2D eigenvalue weighted by atomic mass is 10.3. The lowest BCUT2D eigenvalue weighted by molar-refractivity contribution is 0.507. The first kappa shape index (κ1) is 13.9. The van der Waals surface area contributed by atoms with E-state index in [1.165, 1.54) is 0 Å². The lowest BCUT2D eigenvalue weighted by Crippen LogP contribution is -2.17. The number of aromatic nitrogens is 3. The second kappa shape index (κ2) is 5.07. The van der Waals surface area contributed by atoms with Crippen molar-refractivity contribution in [3.63, 3.8) is 0 Å². The van der Waals surface area contributed by atoms with E-state index in [1.807, 2.05) is 18.5 Å². The van der Waals surface area contributed by atoms with Gasteiger partial charge in [0, 0.05) is 18.3 Å². The van der Waals surface area contributed by atoms with Gasteiger partial charge in [-0.2, -0.15) is 5.10 Å². The molecule has 2 aromatic heterocycles. The van der Waals surface area contributed by atoms with Crippen LogP contribution in [0.1, 0.15) is 18.3 Å². The molecule has 2 heterocycles. The number of oxazole rings is 1. The SMILES string of the molecule is CCn1nc(C)c(Br)c1Cn1c(=O)oc2cc(N)ccc21. The normalized spacial score (nSPS) is 11.4. The van der Waals surface area contributed by atoms with E-state index < -0.39 is 5.76 Å². The molecule has 3 aromatic rings. The van der Waals surface area contributed by atoms with E-state index in [0.29, 0.717) is 17.8 Å². The maximum atomic E-state index is 12.1. The van der Waals surface area contributed by atoms with Crippen LogP contribution < -0.4 is 11.5 Å². The van der Waals surface area contributed by atoms with E-state index in [-0.39, 0.29) is 0 Å². The first-order valence-corrected chi connectivity index (χ1v) is 7.41. The van der Waals surface area contributed by atoms with Gasteiger partial charge in [-0.05, 0) is 41.9 Å². The molecule has 0 atom stereocenters. The van der Waals surface area contributed by atoms with Crippen molar-refractivity contribution >= 4 is 32.7 Å². The van der Waals surface area contributed by atoms with Gasteiger partial charge in [0.15, 0.2) is 5.58 Å². The Labute approximate surface area is 129 Å². The van der Waals surface area contributed by atoms with Crippen molar-refractivity contribution in [3.8, 4) is 0 Å². The zero-order chi connectivity index (χ0) is 15.1. The van der Waals surface area contributed by atoms with Gasteiger partial charge in [-0.15, -0.1) is 0 Å². The van der Waals surface area contributed by atoms with Crippen LogP contribution in [0.25, 0.3) is 11.1 Å². The Morgan fingerprint density at radius 2 is 2.19 bits per heavy atom. The van der Waals surface area contributed by atoms with Crippen LogP contribution in [-0.4, -0.2) is 14.3 Å². The maximum absolute atomic E-state index is 12.1. The van der Waals surface area contributed by atoms with Gasteiger partial charge in [-0.1, -0.05) is 0 Å². The Kier molecular flexibility index (Phi) is 3.36. The molecule has 0 spiro atoms. The Morgan fingerprint density at radius 3 is 2.90 bits per heavy atom. The topological polar surface area (TPSA) is 79.0 Å². The molecule has 0 aliphatic carbocycles. The van der Waals surface area contributed by atoms with Gasteiger partial charge >= 0.3 is 5.76 Å². The van der Waals surface area contributed by atoms with Crippen molar-refractivity contribution in [2.45, 2.75) is 26.9 Å². The molecule has 0 unspecified atom stereocenters. The van der Waals surface area contributed by atoms with Gasteiger partial charge in [0.2, 0.25) is 0 Å². The highest BCUT2D eigenvalue weighted by atomic mass is 79.9. The number of nitrogens with two attached hydrogens (primary N) is 1. The molecule has 1 aromatic carbocycles. The summed E-state index contributed by atoms with van der Waals surface area (Å²) in [5.41, 5.74) is 9.35. The maximum Gasteiger partial charge on any atom is 0.420 e. The number of aryl methyl sites for hydroxylation is 2. The van der Waals surface area contributed by atoms with Gasteiger partial charge in [-0.3, -0.25) is 9.25 Å². The van der Waals surface area contributed by atoms with Crippen LogP contribution in [0.5, 0.6) is 0 Å². The van der Waals surface area contributed by atoms with Crippen molar-refractivity contribution in [1.29, 1.82) is 0 Å². The zero-order valence-electron chi connectivity index (χ0n) is 11.8. The molecule has 21 heavy (non-hydrogen) atoms. The standard InChI is InChI=1S/C14H15BrN4O2/c1-3-19-11(13(15)8(2)17-19)7-18-10-5-4-9(16)6-12(10)21-14(18)20/h4-6H,3,7,16H2,1-2H3. The molecule has 0 saturated carbocycles. The van der Waals surface area contributed by atoms with E-state index in [1.54, 1.807) is 22.8 Å². The summed E-state index contributed by atoms with van der Waals surface area (Å²) in [6, 6.07) is 5.21. The molecular formula is C14H15BrN4O2. The van der Waals surface area contributed by atoms with Gasteiger partial charge in [0.1, 0.15) is 0 Å². The smallest absolute Gasteiger partial charge is 0.408 e. The number of nitrogen functional groups attached to an aromatic ring is 1. The van der Waals surface area contributed by atoms with Gasteiger partial charge in [-0.25, -0.2) is 4.79 Å². The molecule has 0 bridgehead atoms. The van der Waals surface area contributed by atoms with Crippen LogP contribution >= 0.6 is 15.9 Å². The monoisotopic (exact) mass is 350 g/mol. The highest BCUT2D eigenvalue weighted by Gasteiger charge is 2.16. The molecule has 2 N–H and O–H groups in total. The van der Waals surface area contributed by atoms with Gasteiger partial charge in [0.05, 0.1) is 27.9 Å². The summed E-state index contributed by atoms with van der Waals surface area (Å²) >= 11 is 3.54. The average molecular weight is 351 g/mol. The van der Waals surface area contributed by atoms with Crippen molar-refractivity contribution in [1.82, 2.24) is 14.3 Å². The molecule has 0 saturated heterocycles. The van der Waals surface area contributed by atoms with Crippen molar-refractivity contribution < 1.29 is 4.42 Å². The third kappa shape index (κ3) is 2.27. The molecular weight excluding hydrogens is 336 g/mol. The molecule has 0 radical (unpaired) electrons. The predicted molar refractivity (Wildman–Crippen MR) is 84.3 cm³/mol. The Balaban J connectivity index is 2.15. The Morgan fingerprint density at radius 1 is 1.43 bits per heavy atom. The summed E-state index contributed by atoms with van der Waals surface area (Å²) in [5.74, 6) is -0.399. The number of benzene rings is 1. The summed E-state index contributed by atoms with van der Waals surface area (Å²) < 4.78 is 9.63. The minimum atomic E-state index is -0.399. The number of hydrogen-bond acceptors (Lipinski definition) is 4. The molecule has 6 nitrogen and oxygen atoms in total. The highest BCUT2D eigenvalue weighted by Crippen LogP contribution is 2.23. The Hall–Kier alpha value is -2.02. The number of anilines is 1. The van der Waals surface area contributed by atoms with E-state index in [9.17, 15) is 4.79 Å². The van der Waals surface area contributed by atoms with Gasteiger partial charge in [0.25, 0.3) is 0 Å². The number of rotatable bonds is 3. The van der Waals surface area contributed by atoms with Crippen molar-refractivity contribution in [3.05, 3.63) is 44.6 Å². The number of halogens is 1. The molecule has 7 heteroatoms. The van der Waals surface area contributed by atoms with Crippen LogP contribution in [0.15, 0.2) is 31.9 Å². The van der Waals surface area contributed by atoms with Crippen molar-refractivity contribution in [2.75, 3.05) is 5.73 Å². The minimum Gasteiger partial charge on any atom is -0.408 e. The summed E-state index contributed by atoms with van der Waals surface area (Å²) in [6.45, 7) is 5.07. The average Bonchev–Trinajstić information content (AvgIpc) is 2.90. The number of hydrogen-bond donors (Lipinski definition) is 1. The van der Waals surface area contributed by atoms with E-state index in [2.05, 4.69) is 21.0 Å². The number of nitrogens with zero attached hydrogens (tertiary/aromatic N) is 3. The molecule has 0 amide bonds. The van der Waals surface area contributed by atoms with E-state index >= 15 is 0 Å². The highest BCUT2D eigenvalue weighted by molar-refractivity contribution is 9.10. The van der Waals surface area contributed by atoms with Crippen LogP contribution in [0.3, 0.4) is 0 Å². The molecule has 0 fully saturated rings. The summed E-state index contributed by atoms with van der Waals surface area (Å²) in [7, 11) is 0. The molecule has 0 aliphatic rings. The largest absolute Gasteiger partial charge is 0.420 e. The van der Waals surface area contributed by atoms with Crippen LogP contribution in [0.4, 0.5) is 5.69 Å². The third-order valence-corrected chi connectivity index (χ3v) is 4.48. The summed E-state index contributed by atoms with van der Waals surface area (Å²) in [4.78, 5) is 12.1. The van der Waals surface area contributed by atoms with E-state index in [0.717, 1.165) is 27.9 Å².